The van der Waals surface area contributed by atoms with Crippen LogP contribution in [0.15, 0.2) is 32.2 Å². The lowest BCUT2D eigenvalue weighted by atomic mass is 10.2. The summed E-state index contributed by atoms with van der Waals surface area (Å²) in [5, 5.41) is 1.06. The summed E-state index contributed by atoms with van der Waals surface area (Å²) >= 11 is 5.85. The number of rotatable bonds is 0. The first-order valence-electron chi connectivity index (χ1n) is 4.70. The van der Waals surface area contributed by atoms with E-state index >= 15 is 0 Å². The second kappa shape index (κ2) is 3.14. The third-order valence-corrected chi connectivity index (χ3v) is 2.75. The Morgan fingerprint density at radius 3 is 2.88 bits per heavy atom. The minimum absolute atomic E-state index is 0.00404. The van der Waals surface area contributed by atoms with Crippen molar-refractivity contribution in [2.24, 2.45) is 0 Å². The Morgan fingerprint density at radius 1 is 1.35 bits per heavy atom. The molecule has 6 nitrogen and oxygen atoms in total. The third kappa shape index (κ3) is 1.27. The third-order valence-electron chi connectivity index (χ3n) is 2.51. The van der Waals surface area contributed by atoms with E-state index < -0.39 is 11.2 Å². The number of benzene rings is 1. The van der Waals surface area contributed by atoms with E-state index in [1.54, 1.807) is 18.2 Å². The highest BCUT2D eigenvalue weighted by Gasteiger charge is 2.13. The van der Waals surface area contributed by atoms with Gasteiger partial charge in [0.15, 0.2) is 0 Å². The first-order valence-corrected chi connectivity index (χ1v) is 5.08. The molecule has 2 aromatic heterocycles. The number of aromatic nitrogens is 2. The number of hydrogen-bond acceptors (Lipinski definition) is 4. The summed E-state index contributed by atoms with van der Waals surface area (Å²) in [7, 11) is 0. The van der Waals surface area contributed by atoms with Crippen molar-refractivity contribution in [1.82, 2.24) is 9.66 Å². The van der Waals surface area contributed by atoms with Gasteiger partial charge in [0.25, 0.3) is 0 Å². The molecule has 3 N–H and O–H groups in total. The lowest BCUT2D eigenvalue weighted by Crippen LogP contribution is -2.40. The van der Waals surface area contributed by atoms with Crippen LogP contribution in [0.2, 0.25) is 5.02 Å². The highest BCUT2D eigenvalue weighted by molar-refractivity contribution is 6.31. The molecule has 2 heterocycles. The van der Waals surface area contributed by atoms with Crippen molar-refractivity contribution >= 4 is 33.7 Å². The molecule has 3 rings (SSSR count). The number of nitrogens with zero attached hydrogens (tertiary/aromatic N) is 1. The van der Waals surface area contributed by atoms with Crippen LogP contribution >= 0.6 is 11.6 Å². The van der Waals surface area contributed by atoms with Crippen molar-refractivity contribution in [3.05, 3.63) is 44.1 Å². The normalized spacial score (nSPS) is 11.4. The van der Waals surface area contributed by atoms with Crippen LogP contribution in [0.25, 0.3) is 22.1 Å². The van der Waals surface area contributed by atoms with Gasteiger partial charge >= 0.3 is 11.2 Å². The summed E-state index contributed by atoms with van der Waals surface area (Å²) in [6.45, 7) is 0. The van der Waals surface area contributed by atoms with Gasteiger partial charge in [0.05, 0.1) is 0 Å². The SMILES string of the molecule is Nn1c(=O)[nH]c2c(oc3ccc(Cl)cc32)c1=O. The molecular weight excluding hydrogens is 246 g/mol. The van der Waals surface area contributed by atoms with Crippen LogP contribution in [0.3, 0.4) is 0 Å². The van der Waals surface area contributed by atoms with Gasteiger partial charge in [-0.15, -0.1) is 0 Å². The van der Waals surface area contributed by atoms with Gasteiger partial charge in [-0.1, -0.05) is 11.6 Å². The summed E-state index contributed by atoms with van der Waals surface area (Å²) in [5.74, 6) is 5.27. The molecule has 0 spiro atoms. The van der Waals surface area contributed by atoms with Gasteiger partial charge in [-0.05, 0) is 18.2 Å². The number of nitrogens with two attached hydrogens (primary N) is 1. The minimum Gasteiger partial charge on any atom is -0.449 e. The van der Waals surface area contributed by atoms with Crippen molar-refractivity contribution in [2.45, 2.75) is 0 Å². The number of hydrogen-bond donors (Lipinski definition) is 2. The standard InChI is InChI=1S/C10H6ClN3O3/c11-4-1-2-6-5(3-4)7-8(17-6)9(15)14(12)10(16)13-7/h1-3H,12H2,(H,13,16). The Labute approximate surface area is 98.2 Å². The molecule has 17 heavy (non-hydrogen) atoms. The van der Waals surface area contributed by atoms with E-state index in [0.717, 1.165) is 0 Å². The fraction of sp³-hybridized carbons (Fsp3) is 0. The molecule has 0 atom stereocenters. The quantitative estimate of drug-likeness (QED) is 0.578. The maximum absolute atomic E-state index is 11.7. The molecule has 0 fully saturated rings. The molecule has 0 aliphatic heterocycles. The van der Waals surface area contributed by atoms with E-state index in [0.29, 0.717) is 26.2 Å². The van der Waals surface area contributed by atoms with E-state index in [1.165, 1.54) is 0 Å². The average molecular weight is 252 g/mol. The Morgan fingerprint density at radius 2 is 2.12 bits per heavy atom. The number of fused-ring (bicyclic) bond motifs is 3. The lowest BCUT2D eigenvalue weighted by Gasteiger charge is -1.94. The number of furan rings is 1. The molecule has 3 aromatic rings. The second-order valence-corrected chi connectivity index (χ2v) is 3.99. The van der Waals surface area contributed by atoms with Crippen LogP contribution in [-0.4, -0.2) is 9.66 Å². The first-order chi connectivity index (χ1) is 8.08. The highest BCUT2D eigenvalue weighted by Crippen LogP contribution is 2.26. The summed E-state index contributed by atoms with van der Waals surface area (Å²) in [4.78, 5) is 25.6. The molecule has 7 heteroatoms. The van der Waals surface area contributed by atoms with E-state index in [4.69, 9.17) is 21.9 Å². The van der Waals surface area contributed by atoms with Crippen LogP contribution in [0.1, 0.15) is 0 Å². The zero-order chi connectivity index (χ0) is 12.2. The first kappa shape index (κ1) is 9.98. The second-order valence-electron chi connectivity index (χ2n) is 3.55. The van der Waals surface area contributed by atoms with Gasteiger partial charge in [0, 0.05) is 10.4 Å². The van der Waals surface area contributed by atoms with Crippen LogP contribution < -0.4 is 17.1 Å². The predicted octanol–water partition coefficient (Wildman–Crippen LogP) is 0.803. The molecule has 0 aliphatic carbocycles. The Hall–Kier alpha value is -2.21. The van der Waals surface area contributed by atoms with Crippen molar-refractivity contribution < 1.29 is 4.42 Å². The smallest absolute Gasteiger partial charge is 0.347 e. The zero-order valence-electron chi connectivity index (χ0n) is 8.36. The maximum atomic E-state index is 11.7. The molecule has 0 radical (unpaired) electrons. The van der Waals surface area contributed by atoms with E-state index in [1.807, 2.05) is 0 Å². The van der Waals surface area contributed by atoms with E-state index in [2.05, 4.69) is 4.98 Å². The predicted molar refractivity (Wildman–Crippen MR) is 63.8 cm³/mol. The van der Waals surface area contributed by atoms with Gasteiger partial charge in [-0.25, -0.2) is 4.79 Å². The van der Waals surface area contributed by atoms with Crippen LogP contribution in [-0.2, 0) is 0 Å². The maximum Gasteiger partial charge on any atom is 0.347 e. The minimum atomic E-state index is -0.704. The molecule has 0 saturated carbocycles. The number of nitrogen functional groups attached to an aromatic ring is 1. The topological polar surface area (TPSA) is 94.0 Å². The van der Waals surface area contributed by atoms with Crippen molar-refractivity contribution in [3.63, 3.8) is 0 Å². The van der Waals surface area contributed by atoms with Gasteiger partial charge in [0.2, 0.25) is 5.58 Å². The Balaban J connectivity index is 2.67. The van der Waals surface area contributed by atoms with Gasteiger partial charge in [0.1, 0.15) is 11.1 Å². The number of aromatic amines is 1. The Kier molecular flexibility index (Phi) is 1.84. The molecule has 86 valence electrons. The van der Waals surface area contributed by atoms with Crippen LogP contribution in [0.5, 0.6) is 0 Å². The molecule has 0 unspecified atom stereocenters. The van der Waals surface area contributed by atoms with Crippen molar-refractivity contribution in [3.8, 4) is 0 Å². The summed E-state index contributed by atoms with van der Waals surface area (Å²) in [6.07, 6.45) is 0. The molecular formula is C10H6ClN3O3. The summed E-state index contributed by atoms with van der Waals surface area (Å²) in [5.41, 5.74) is -0.617. The fourth-order valence-corrected chi connectivity index (χ4v) is 1.89. The van der Waals surface area contributed by atoms with Crippen molar-refractivity contribution in [1.29, 1.82) is 0 Å². The Bertz CT molecular complexity index is 859. The fourth-order valence-electron chi connectivity index (χ4n) is 1.71. The van der Waals surface area contributed by atoms with Crippen LogP contribution in [0.4, 0.5) is 0 Å². The number of halogens is 1. The molecule has 0 amide bonds. The average Bonchev–Trinajstić information content (AvgIpc) is 2.65. The molecule has 1 aromatic carbocycles. The van der Waals surface area contributed by atoms with E-state index in [9.17, 15) is 9.59 Å². The largest absolute Gasteiger partial charge is 0.449 e. The summed E-state index contributed by atoms with van der Waals surface area (Å²) in [6, 6.07) is 4.86. The number of nitrogens with one attached hydrogen (secondary N) is 1. The van der Waals surface area contributed by atoms with E-state index in [-0.39, 0.29) is 5.58 Å². The summed E-state index contributed by atoms with van der Waals surface area (Å²) < 4.78 is 5.80. The van der Waals surface area contributed by atoms with Crippen LogP contribution in [0, 0.1) is 0 Å². The van der Waals surface area contributed by atoms with Gasteiger partial charge in [-0.2, -0.15) is 4.68 Å². The number of H-pyrrole nitrogens is 1. The molecule has 0 bridgehead atoms. The van der Waals surface area contributed by atoms with Crippen molar-refractivity contribution in [2.75, 3.05) is 5.84 Å². The zero-order valence-corrected chi connectivity index (χ0v) is 9.12. The highest BCUT2D eigenvalue weighted by atomic mass is 35.5. The van der Waals surface area contributed by atoms with Gasteiger partial charge in [-0.3, -0.25) is 4.79 Å². The monoisotopic (exact) mass is 251 g/mol. The lowest BCUT2D eigenvalue weighted by molar-refractivity contribution is 0.652. The molecule has 0 saturated heterocycles. The van der Waals surface area contributed by atoms with Gasteiger partial charge < -0.3 is 15.2 Å². The molecule has 0 aliphatic rings.